The monoisotopic (exact) mass is 317 g/mol. The minimum Gasteiger partial charge on any atom is -0.480 e. The highest BCUT2D eigenvalue weighted by Gasteiger charge is 2.35. The van der Waals surface area contributed by atoms with Crippen LogP contribution in [0.5, 0.6) is 0 Å². The van der Waals surface area contributed by atoms with Crippen molar-refractivity contribution in [2.75, 3.05) is 31.1 Å². The second-order valence-electron chi connectivity index (χ2n) is 5.19. The van der Waals surface area contributed by atoms with E-state index in [2.05, 4.69) is 6.07 Å². The van der Waals surface area contributed by atoms with Crippen LogP contribution in [0.25, 0.3) is 0 Å². The van der Waals surface area contributed by atoms with E-state index in [1.54, 1.807) is 41.0 Å². The van der Waals surface area contributed by atoms with Crippen molar-refractivity contribution in [3.8, 4) is 6.07 Å². The quantitative estimate of drug-likeness (QED) is 0.772. The highest BCUT2D eigenvalue weighted by atomic mass is 16.5. The van der Waals surface area contributed by atoms with E-state index in [-0.39, 0.29) is 6.54 Å². The van der Waals surface area contributed by atoms with Crippen LogP contribution in [-0.4, -0.2) is 60.8 Å². The molecule has 2 atom stereocenters. The summed E-state index contributed by atoms with van der Waals surface area (Å²) in [5.74, 6) is -0.974. The molecule has 0 radical (unpaired) electrons. The lowest BCUT2D eigenvalue weighted by Crippen LogP contribution is -2.59. The number of nitriles is 1. The molecule has 1 heterocycles. The van der Waals surface area contributed by atoms with E-state index in [9.17, 15) is 14.7 Å². The van der Waals surface area contributed by atoms with E-state index in [0.717, 1.165) is 0 Å². The first kappa shape index (κ1) is 16.9. The predicted octanol–water partition coefficient (Wildman–Crippen LogP) is 0.695. The molecule has 0 amide bonds. The van der Waals surface area contributed by atoms with E-state index in [4.69, 9.17) is 10.00 Å². The molecule has 0 aromatic heterocycles. The van der Waals surface area contributed by atoms with Crippen molar-refractivity contribution < 1.29 is 19.4 Å². The Morgan fingerprint density at radius 2 is 2.35 bits per heavy atom. The Bertz CT molecular complexity index is 614. The van der Waals surface area contributed by atoms with E-state index >= 15 is 0 Å². The van der Waals surface area contributed by atoms with Crippen molar-refractivity contribution in [3.63, 3.8) is 0 Å². The largest absolute Gasteiger partial charge is 0.480 e. The Kier molecular flexibility index (Phi) is 5.68. The number of carboxylic acids is 1. The molecule has 2 rings (SSSR count). The molecular weight excluding hydrogens is 298 g/mol. The van der Waals surface area contributed by atoms with Gasteiger partial charge in [-0.05, 0) is 25.1 Å². The van der Waals surface area contributed by atoms with Gasteiger partial charge in [-0.25, -0.2) is 4.79 Å². The van der Waals surface area contributed by atoms with Crippen molar-refractivity contribution in [3.05, 3.63) is 29.8 Å². The third-order valence-corrected chi connectivity index (χ3v) is 3.82. The molecule has 0 spiro atoms. The maximum atomic E-state index is 11.6. The fourth-order valence-corrected chi connectivity index (χ4v) is 2.71. The molecule has 1 aromatic rings. The SMILES string of the molecule is CCOC(C=O)N1CCN(c2cccc(C#N)c2)C(C(=O)O)C1. The van der Waals surface area contributed by atoms with Crippen molar-refractivity contribution in [2.24, 2.45) is 0 Å². The lowest BCUT2D eigenvalue weighted by Gasteiger charge is -2.42. The summed E-state index contributed by atoms with van der Waals surface area (Å²) in [6.45, 7) is 3.28. The molecule has 7 nitrogen and oxygen atoms in total. The predicted molar refractivity (Wildman–Crippen MR) is 83.0 cm³/mol. The van der Waals surface area contributed by atoms with Gasteiger partial charge in [-0.3, -0.25) is 9.69 Å². The first-order valence-corrected chi connectivity index (χ1v) is 7.41. The number of carbonyl (C=O) groups excluding carboxylic acids is 1. The van der Waals surface area contributed by atoms with E-state index in [1.165, 1.54) is 0 Å². The van der Waals surface area contributed by atoms with Gasteiger partial charge in [0.15, 0.2) is 12.5 Å². The van der Waals surface area contributed by atoms with E-state index < -0.39 is 18.2 Å². The number of hydrogen-bond acceptors (Lipinski definition) is 6. The second-order valence-corrected chi connectivity index (χ2v) is 5.19. The van der Waals surface area contributed by atoms with Crippen LogP contribution in [0.1, 0.15) is 12.5 Å². The molecule has 0 bridgehead atoms. The smallest absolute Gasteiger partial charge is 0.327 e. The number of benzene rings is 1. The van der Waals surface area contributed by atoms with Gasteiger partial charge in [0, 0.05) is 31.9 Å². The zero-order valence-corrected chi connectivity index (χ0v) is 12.9. The summed E-state index contributed by atoms with van der Waals surface area (Å²) in [5.41, 5.74) is 1.17. The molecule has 1 saturated heterocycles. The Hall–Kier alpha value is -2.43. The second kappa shape index (κ2) is 7.72. The fraction of sp³-hybridized carbons (Fsp3) is 0.438. The van der Waals surface area contributed by atoms with Crippen LogP contribution in [0, 0.1) is 11.3 Å². The van der Waals surface area contributed by atoms with Gasteiger partial charge in [-0.1, -0.05) is 6.07 Å². The maximum absolute atomic E-state index is 11.6. The molecule has 0 saturated carbocycles. The summed E-state index contributed by atoms with van der Waals surface area (Å²) < 4.78 is 5.34. The molecule has 1 aliphatic heterocycles. The minimum absolute atomic E-state index is 0.176. The number of aldehydes is 1. The first-order chi connectivity index (χ1) is 11.1. The molecule has 0 aliphatic carbocycles. The van der Waals surface area contributed by atoms with Crippen LogP contribution < -0.4 is 4.90 Å². The van der Waals surface area contributed by atoms with Crippen LogP contribution in [0.4, 0.5) is 5.69 Å². The Morgan fingerprint density at radius 1 is 1.57 bits per heavy atom. The number of hydrogen-bond donors (Lipinski definition) is 1. The molecule has 23 heavy (non-hydrogen) atoms. The number of ether oxygens (including phenoxy) is 1. The minimum atomic E-state index is -0.974. The number of nitrogens with zero attached hydrogens (tertiary/aromatic N) is 3. The number of piperazine rings is 1. The van der Waals surface area contributed by atoms with Crippen molar-refractivity contribution in [1.29, 1.82) is 5.26 Å². The van der Waals surface area contributed by atoms with Crippen molar-refractivity contribution in [1.82, 2.24) is 4.90 Å². The summed E-state index contributed by atoms with van der Waals surface area (Å²) in [4.78, 5) is 26.3. The molecule has 1 aliphatic rings. The number of aliphatic carboxylic acids is 1. The third-order valence-electron chi connectivity index (χ3n) is 3.82. The lowest BCUT2D eigenvalue weighted by molar-refractivity contribution is -0.144. The van der Waals surface area contributed by atoms with E-state index in [1.807, 2.05) is 0 Å². The normalized spacial score (nSPS) is 19.8. The molecule has 1 fully saturated rings. The van der Waals surface area contributed by atoms with Gasteiger partial charge in [0.05, 0.1) is 11.6 Å². The van der Waals surface area contributed by atoms with Gasteiger partial charge in [-0.15, -0.1) is 0 Å². The third kappa shape index (κ3) is 3.86. The van der Waals surface area contributed by atoms with Crippen LogP contribution in [0.2, 0.25) is 0 Å². The summed E-state index contributed by atoms with van der Waals surface area (Å²) in [6, 6.07) is 8.11. The summed E-state index contributed by atoms with van der Waals surface area (Å²) >= 11 is 0. The average molecular weight is 317 g/mol. The highest BCUT2D eigenvalue weighted by molar-refractivity contribution is 5.79. The lowest BCUT2D eigenvalue weighted by atomic mass is 10.1. The highest BCUT2D eigenvalue weighted by Crippen LogP contribution is 2.23. The summed E-state index contributed by atoms with van der Waals surface area (Å²) in [7, 11) is 0. The average Bonchev–Trinajstić information content (AvgIpc) is 2.59. The summed E-state index contributed by atoms with van der Waals surface area (Å²) in [5, 5.41) is 18.5. The van der Waals surface area contributed by atoms with Crippen molar-refractivity contribution >= 4 is 17.9 Å². The molecule has 1 N–H and O–H groups in total. The first-order valence-electron chi connectivity index (χ1n) is 7.41. The Balaban J connectivity index is 2.21. The van der Waals surface area contributed by atoms with Crippen LogP contribution in [-0.2, 0) is 14.3 Å². The maximum Gasteiger partial charge on any atom is 0.327 e. The fourth-order valence-electron chi connectivity index (χ4n) is 2.71. The Morgan fingerprint density at radius 3 is 2.96 bits per heavy atom. The zero-order valence-electron chi connectivity index (χ0n) is 12.9. The van der Waals surface area contributed by atoms with Gasteiger partial charge in [0.2, 0.25) is 0 Å². The molecule has 1 aromatic carbocycles. The van der Waals surface area contributed by atoms with Gasteiger partial charge >= 0.3 is 5.97 Å². The molecule has 122 valence electrons. The van der Waals surface area contributed by atoms with Crippen molar-refractivity contribution in [2.45, 2.75) is 19.2 Å². The number of carboxylic acid groups (broad SMARTS) is 1. The van der Waals surface area contributed by atoms with Crippen LogP contribution in [0.3, 0.4) is 0 Å². The Labute approximate surface area is 134 Å². The van der Waals surface area contributed by atoms with Gasteiger partial charge in [-0.2, -0.15) is 5.26 Å². The molecule has 2 unspecified atom stereocenters. The number of anilines is 1. The van der Waals surface area contributed by atoms with Gasteiger partial charge < -0.3 is 14.7 Å². The standard InChI is InChI=1S/C16H19N3O4/c1-2-23-15(11-20)18-6-7-19(14(10-18)16(21)22)13-5-3-4-12(8-13)9-17/h3-5,8,11,14-15H,2,6-7,10H2,1H3,(H,21,22). The number of rotatable bonds is 6. The summed E-state index contributed by atoms with van der Waals surface area (Å²) in [6.07, 6.45) is -0.0385. The zero-order chi connectivity index (χ0) is 16.8. The van der Waals surface area contributed by atoms with Gasteiger partial charge in [0.1, 0.15) is 6.04 Å². The van der Waals surface area contributed by atoms with E-state index in [0.29, 0.717) is 37.2 Å². The topological polar surface area (TPSA) is 93.9 Å². The van der Waals surface area contributed by atoms with Crippen LogP contribution >= 0.6 is 0 Å². The number of carbonyl (C=O) groups is 2. The molecule has 7 heteroatoms. The van der Waals surface area contributed by atoms with Gasteiger partial charge in [0.25, 0.3) is 0 Å². The molecular formula is C16H19N3O4. The van der Waals surface area contributed by atoms with Crippen LogP contribution in [0.15, 0.2) is 24.3 Å².